The Morgan fingerprint density at radius 1 is 1.29 bits per heavy atom. The molecule has 0 aliphatic heterocycles. The Balaban J connectivity index is 2.89. The fourth-order valence-corrected chi connectivity index (χ4v) is 1.63. The SMILES string of the molecule is Cc1ccc(N(CCCO)C(=O)C(C)C)cc1. The second-order valence-corrected chi connectivity index (χ2v) is 4.56. The smallest absolute Gasteiger partial charge is 0.229 e. The van der Waals surface area contributed by atoms with Gasteiger partial charge >= 0.3 is 0 Å². The van der Waals surface area contributed by atoms with Crippen LogP contribution in [0.5, 0.6) is 0 Å². The van der Waals surface area contributed by atoms with Crippen molar-refractivity contribution >= 4 is 11.6 Å². The molecular formula is C14H21NO2. The molecule has 3 heteroatoms. The first kappa shape index (κ1) is 13.7. The molecule has 0 unspecified atom stereocenters. The number of hydrogen-bond donors (Lipinski definition) is 1. The average Bonchev–Trinajstić information content (AvgIpc) is 2.31. The van der Waals surface area contributed by atoms with Gasteiger partial charge in [-0.05, 0) is 25.5 Å². The molecule has 1 amide bonds. The zero-order chi connectivity index (χ0) is 12.8. The molecule has 0 aromatic heterocycles. The maximum Gasteiger partial charge on any atom is 0.229 e. The summed E-state index contributed by atoms with van der Waals surface area (Å²) in [5, 5.41) is 8.89. The second-order valence-electron chi connectivity index (χ2n) is 4.56. The van der Waals surface area contributed by atoms with Crippen molar-refractivity contribution in [3.8, 4) is 0 Å². The van der Waals surface area contributed by atoms with Crippen molar-refractivity contribution < 1.29 is 9.90 Å². The number of carbonyl (C=O) groups is 1. The Kier molecular flexibility index (Phi) is 5.16. The number of anilines is 1. The molecule has 1 rings (SSSR count). The van der Waals surface area contributed by atoms with E-state index in [-0.39, 0.29) is 18.4 Å². The maximum atomic E-state index is 12.1. The van der Waals surface area contributed by atoms with E-state index in [9.17, 15) is 4.79 Å². The Morgan fingerprint density at radius 3 is 2.35 bits per heavy atom. The van der Waals surface area contributed by atoms with Crippen molar-refractivity contribution in [2.24, 2.45) is 5.92 Å². The van der Waals surface area contributed by atoms with E-state index in [4.69, 9.17) is 5.11 Å². The molecule has 94 valence electrons. The molecule has 17 heavy (non-hydrogen) atoms. The van der Waals surface area contributed by atoms with Gasteiger partial charge in [0.25, 0.3) is 0 Å². The van der Waals surface area contributed by atoms with Crippen molar-refractivity contribution in [2.45, 2.75) is 27.2 Å². The molecule has 0 aliphatic carbocycles. The van der Waals surface area contributed by atoms with Gasteiger partial charge in [0.05, 0.1) is 0 Å². The van der Waals surface area contributed by atoms with Gasteiger partial charge in [-0.1, -0.05) is 31.5 Å². The molecule has 0 radical (unpaired) electrons. The third-order valence-corrected chi connectivity index (χ3v) is 2.65. The average molecular weight is 235 g/mol. The highest BCUT2D eigenvalue weighted by molar-refractivity contribution is 5.94. The minimum Gasteiger partial charge on any atom is -0.396 e. The van der Waals surface area contributed by atoms with E-state index in [1.165, 1.54) is 5.56 Å². The maximum absolute atomic E-state index is 12.1. The van der Waals surface area contributed by atoms with Crippen LogP contribution in [0.2, 0.25) is 0 Å². The number of benzene rings is 1. The first-order valence-electron chi connectivity index (χ1n) is 6.05. The molecule has 0 heterocycles. The van der Waals surface area contributed by atoms with E-state index in [0.29, 0.717) is 13.0 Å². The van der Waals surface area contributed by atoms with Gasteiger partial charge in [0.15, 0.2) is 0 Å². The number of amides is 1. The van der Waals surface area contributed by atoms with E-state index in [2.05, 4.69) is 0 Å². The molecule has 1 N–H and O–H groups in total. The van der Waals surface area contributed by atoms with Crippen molar-refractivity contribution in [3.05, 3.63) is 29.8 Å². The van der Waals surface area contributed by atoms with Crippen molar-refractivity contribution in [1.29, 1.82) is 0 Å². The summed E-state index contributed by atoms with van der Waals surface area (Å²) in [6.45, 7) is 6.47. The van der Waals surface area contributed by atoms with Crippen LogP contribution >= 0.6 is 0 Å². The van der Waals surface area contributed by atoms with Crippen LogP contribution in [0.1, 0.15) is 25.8 Å². The van der Waals surface area contributed by atoms with Gasteiger partial charge in [-0.2, -0.15) is 0 Å². The molecule has 1 aromatic rings. The number of aliphatic hydroxyl groups excluding tert-OH is 1. The van der Waals surface area contributed by atoms with E-state index < -0.39 is 0 Å². The molecule has 0 atom stereocenters. The number of aryl methyl sites for hydroxylation is 1. The van der Waals surface area contributed by atoms with Crippen LogP contribution in [0.25, 0.3) is 0 Å². The number of nitrogens with zero attached hydrogens (tertiary/aromatic N) is 1. The molecule has 0 saturated carbocycles. The largest absolute Gasteiger partial charge is 0.396 e. The summed E-state index contributed by atoms with van der Waals surface area (Å²) in [5.74, 6) is 0.0669. The van der Waals surface area contributed by atoms with Crippen molar-refractivity contribution in [3.63, 3.8) is 0 Å². The second kappa shape index (κ2) is 6.40. The molecule has 0 saturated heterocycles. The van der Waals surface area contributed by atoms with Gasteiger partial charge in [-0.15, -0.1) is 0 Å². The van der Waals surface area contributed by atoms with Gasteiger partial charge in [-0.25, -0.2) is 0 Å². The lowest BCUT2D eigenvalue weighted by Crippen LogP contribution is -2.35. The topological polar surface area (TPSA) is 40.5 Å². The fraction of sp³-hybridized carbons (Fsp3) is 0.500. The molecule has 0 bridgehead atoms. The minimum absolute atomic E-state index is 0.0324. The van der Waals surface area contributed by atoms with Crippen LogP contribution in [0, 0.1) is 12.8 Å². The Bertz CT molecular complexity index is 357. The minimum atomic E-state index is -0.0324. The van der Waals surface area contributed by atoms with Gasteiger partial charge in [-0.3, -0.25) is 4.79 Å². The molecular weight excluding hydrogens is 214 g/mol. The highest BCUT2D eigenvalue weighted by Crippen LogP contribution is 2.18. The Hall–Kier alpha value is -1.35. The summed E-state index contributed by atoms with van der Waals surface area (Å²) in [7, 11) is 0. The quantitative estimate of drug-likeness (QED) is 0.851. The summed E-state index contributed by atoms with van der Waals surface area (Å²) >= 11 is 0. The zero-order valence-corrected chi connectivity index (χ0v) is 10.8. The molecule has 0 aliphatic rings. The molecule has 3 nitrogen and oxygen atoms in total. The van der Waals surface area contributed by atoms with Crippen LogP contribution in [0.4, 0.5) is 5.69 Å². The first-order chi connectivity index (χ1) is 8.06. The van der Waals surface area contributed by atoms with Crippen LogP contribution in [-0.2, 0) is 4.79 Å². The van der Waals surface area contributed by atoms with Gasteiger partial charge in [0.1, 0.15) is 0 Å². The lowest BCUT2D eigenvalue weighted by atomic mass is 10.1. The normalized spacial score (nSPS) is 10.6. The third-order valence-electron chi connectivity index (χ3n) is 2.65. The van der Waals surface area contributed by atoms with Crippen LogP contribution in [0.3, 0.4) is 0 Å². The molecule has 1 aromatic carbocycles. The summed E-state index contributed by atoms with van der Waals surface area (Å²) in [4.78, 5) is 13.8. The van der Waals surface area contributed by atoms with Crippen molar-refractivity contribution in [1.82, 2.24) is 0 Å². The van der Waals surface area contributed by atoms with Gasteiger partial charge in [0.2, 0.25) is 5.91 Å². The van der Waals surface area contributed by atoms with E-state index in [1.807, 2.05) is 45.0 Å². The van der Waals surface area contributed by atoms with Gasteiger partial charge < -0.3 is 10.0 Å². The lowest BCUT2D eigenvalue weighted by molar-refractivity contribution is -0.121. The van der Waals surface area contributed by atoms with Crippen molar-refractivity contribution in [2.75, 3.05) is 18.1 Å². The lowest BCUT2D eigenvalue weighted by Gasteiger charge is -2.24. The highest BCUT2D eigenvalue weighted by Gasteiger charge is 2.18. The van der Waals surface area contributed by atoms with Gasteiger partial charge in [0, 0.05) is 24.8 Å². The number of rotatable bonds is 5. The molecule has 0 spiro atoms. The third kappa shape index (κ3) is 3.86. The number of aliphatic hydroxyl groups is 1. The van der Waals surface area contributed by atoms with E-state index >= 15 is 0 Å². The van der Waals surface area contributed by atoms with E-state index in [0.717, 1.165) is 5.69 Å². The first-order valence-corrected chi connectivity index (χ1v) is 6.05. The highest BCUT2D eigenvalue weighted by atomic mass is 16.3. The predicted octanol–water partition coefficient (Wildman–Crippen LogP) is 2.37. The fourth-order valence-electron chi connectivity index (χ4n) is 1.63. The van der Waals surface area contributed by atoms with Crippen LogP contribution < -0.4 is 4.90 Å². The van der Waals surface area contributed by atoms with Crippen LogP contribution in [0.15, 0.2) is 24.3 Å². The standard InChI is InChI=1S/C14H21NO2/c1-11(2)14(17)15(9-4-10-16)13-7-5-12(3)6-8-13/h5-8,11,16H,4,9-10H2,1-3H3. The number of carbonyl (C=O) groups excluding carboxylic acids is 1. The molecule has 0 fully saturated rings. The Morgan fingerprint density at radius 2 is 1.88 bits per heavy atom. The predicted molar refractivity (Wildman–Crippen MR) is 70.1 cm³/mol. The summed E-state index contributed by atoms with van der Waals surface area (Å²) < 4.78 is 0. The monoisotopic (exact) mass is 235 g/mol. The van der Waals surface area contributed by atoms with E-state index in [1.54, 1.807) is 4.90 Å². The zero-order valence-electron chi connectivity index (χ0n) is 10.8. The number of hydrogen-bond acceptors (Lipinski definition) is 2. The summed E-state index contributed by atoms with van der Waals surface area (Å²) in [6.07, 6.45) is 0.604. The summed E-state index contributed by atoms with van der Waals surface area (Å²) in [6, 6.07) is 7.89. The Labute approximate surface area is 103 Å². The van der Waals surface area contributed by atoms with Crippen LogP contribution in [-0.4, -0.2) is 24.2 Å². The summed E-state index contributed by atoms with van der Waals surface area (Å²) in [5.41, 5.74) is 2.08.